The molecule has 0 fully saturated rings. The molecule has 0 N–H and O–H groups in total. The molecule has 1 nitrogen and oxygen atoms in total. The fourth-order valence-electron chi connectivity index (χ4n) is 2.97. The Kier molecular flexibility index (Phi) is 3.17. The SMILES string of the molecule is c1ccc(-c2cccc3cccc(-c4ccncc4)c23)cc1. The zero-order valence-corrected chi connectivity index (χ0v) is 12.1. The van der Waals surface area contributed by atoms with Crippen LogP contribution >= 0.6 is 0 Å². The Morgan fingerprint density at radius 3 is 1.73 bits per heavy atom. The Morgan fingerprint density at radius 2 is 1.09 bits per heavy atom. The molecule has 0 bridgehead atoms. The largest absolute Gasteiger partial charge is 0.265 e. The molecule has 0 radical (unpaired) electrons. The summed E-state index contributed by atoms with van der Waals surface area (Å²) < 4.78 is 0. The van der Waals surface area contributed by atoms with Crippen molar-refractivity contribution >= 4 is 10.8 Å². The van der Waals surface area contributed by atoms with E-state index >= 15 is 0 Å². The lowest BCUT2D eigenvalue weighted by atomic mass is 9.92. The Morgan fingerprint density at radius 1 is 0.500 bits per heavy atom. The minimum atomic E-state index is 1.20. The summed E-state index contributed by atoms with van der Waals surface area (Å²) in [6.07, 6.45) is 3.69. The maximum absolute atomic E-state index is 4.13. The topological polar surface area (TPSA) is 12.9 Å². The second-order valence-corrected chi connectivity index (χ2v) is 5.31. The Labute approximate surface area is 129 Å². The summed E-state index contributed by atoms with van der Waals surface area (Å²) in [7, 11) is 0. The average molecular weight is 281 g/mol. The summed E-state index contributed by atoms with van der Waals surface area (Å²) in [4.78, 5) is 4.13. The number of fused-ring (bicyclic) bond motifs is 1. The first-order valence-electron chi connectivity index (χ1n) is 7.41. The van der Waals surface area contributed by atoms with Crippen molar-refractivity contribution < 1.29 is 0 Å². The van der Waals surface area contributed by atoms with Crippen LogP contribution < -0.4 is 0 Å². The van der Waals surface area contributed by atoms with Crippen LogP contribution in [0.4, 0.5) is 0 Å². The van der Waals surface area contributed by atoms with Crippen LogP contribution in [-0.2, 0) is 0 Å². The fraction of sp³-hybridized carbons (Fsp3) is 0. The molecule has 0 amide bonds. The monoisotopic (exact) mass is 281 g/mol. The van der Waals surface area contributed by atoms with Crippen LogP contribution in [0.1, 0.15) is 0 Å². The van der Waals surface area contributed by atoms with Crippen LogP contribution in [0.2, 0.25) is 0 Å². The smallest absolute Gasteiger partial charge is 0.0273 e. The molecular formula is C21H15N. The molecule has 0 saturated heterocycles. The molecule has 0 aliphatic carbocycles. The van der Waals surface area contributed by atoms with Gasteiger partial charge in [-0.15, -0.1) is 0 Å². The van der Waals surface area contributed by atoms with Gasteiger partial charge in [-0.25, -0.2) is 0 Å². The quantitative estimate of drug-likeness (QED) is 0.468. The molecule has 4 rings (SSSR count). The molecule has 0 atom stereocenters. The summed E-state index contributed by atoms with van der Waals surface area (Å²) in [6, 6.07) is 27.7. The number of hydrogen-bond donors (Lipinski definition) is 0. The van der Waals surface area contributed by atoms with Gasteiger partial charge in [0.2, 0.25) is 0 Å². The molecular weight excluding hydrogens is 266 g/mol. The molecule has 22 heavy (non-hydrogen) atoms. The van der Waals surface area contributed by atoms with Crippen LogP contribution in [0, 0.1) is 0 Å². The van der Waals surface area contributed by atoms with Gasteiger partial charge < -0.3 is 0 Å². The number of aromatic nitrogens is 1. The molecule has 0 spiro atoms. The standard InChI is InChI=1S/C21H15N/c1-2-6-16(7-3-1)19-10-4-8-18-9-5-11-20(21(18)19)17-12-14-22-15-13-17/h1-15H. The third kappa shape index (κ3) is 2.17. The summed E-state index contributed by atoms with van der Waals surface area (Å²) in [5.41, 5.74) is 4.96. The third-order valence-electron chi connectivity index (χ3n) is 3.98. The lowest BCUT2D eigenvalue weighted by Crippen LogP contribution is -1.86. The van der Waals surface area contributed by atoms with Gasteiger partial charge >= 0.3 is 0 Å². The Hall–Kier alpha value is -2.93. The van der Waals surface area contributed by atoms with Crippen LogP contribution in [0.25, 0.3) is 33.0 Å². The number of pyridine rings is 1. The molecule has 104 valence electrons. The minimum Gasteiger partial charge on any atom is -0.265 e. The highest BCUT2D eigenvalue weighted by molar-refractivity contribution is 6.06. The summed E-state index contributed by atoms with van der Waals surface area (Å²) in [5.74, 6) is 0. The van der Waals surface area contributed by atoms with Gasteiger partial charge in [0, 0.05) is 12.4 Å². The molecule has 3 aromatic carbocycles. The van der Waals surface area contributed by atoms with Crippen LogP contribution in [0.3, 0.4) is 0 Å². The second-order valence-electron chi connectivity index (χ2n) is 5.31. The van der Waals surface area contributed by atoms with Gasteiger partial charge in [0.1, 0.15) is 0 Å². The average Bonchev–Trinajstić information content (AvgIpc) is 2.62. The maximum atomic E-state index is 4.13. The number of rotatable bonds is 2. The van der Waals surface area contributed by atoms with Gasteiger partial charge in [0.25, 0.3) is 0 Å². The van der Waals surface area contributed by atoms with Gasteiger partial charge in [0.15, 0.2) is 0 Å². The normalized spacial score (nSPS) is 10.7. The van der Waals surface area contributed by atoms with Gasteiger partial charge in [-0.1, -0.05) is 66.7 Å². The lowest BCUT2D eigenvalue weighted by Gasteiger charge is -2.12. The van der Waals surface area contributed by atoms with Crippen molar-refractivity contribution in [1.82, 2.24) is 4.98 Å². The fourth-order valence-corrected chi connectivity index (χ4v) is 2.97. The molecule has 1 heterocycles. The van der Waals surface area contributed by atoms with Crippen LogP contribution in [0.15, 0.2) is 91.3 Å². The number of hydrogen-bond acceptors (Lipinski definition) is 1. The van der Waals surface area contributed by atoms with Crippen LogP contribution in [0.5, 0.6) is 0 Å². The molecule has 1 heteroatoms. The van der Waals surface area contributed by atoms with E-state index in [-0.39, 0.29) is 0 Å². The minimum absolute atomic E-state index is 1.20. The molecule has 0 saturated carbocycles. The van der Waals surface area contributed by atoms with Crippen molar-refractivity contribution in [1.29, 1.82) is 0 Å². The van der Waals surface area contributed by atoms with E-state index in [0.29, 0.717) is 0 Å². The Balaban J connectivity index is 2.07. The summed E-state index contributed by atoms with van der Waals surface area (Å²) in [5, 5.41) is 2.55. The highest BCUT2D eigenvalue weighted by atomic mass is 14.6. The van der Waals surface area contributed by atoms with Crippen molar-refractivity contribution in [3.8, 4) is 22.3 Å². The molecule has 0 aliphatic rings. The van der Waals surface area contributed by atoms with E-state index in [9.17, 15) is 0 Å². The lowest BCUT2D eigenvalue weighted by molar-refractivity contribution is 1.33. The highest BCUT2D eigenvalue weighted by Gasteiger charge is 2.09. The zero-order valence-electron chi connectivity index (χ0n) is 12.1. The van der Waals surface area contributed by atoms with E-state index < -0.39 is 0 Å². The maximum Gasteiger partial charge on any atom is 0.0273 e. The van der Waals surface area contributed by atoms with Crippen molar-refractivity contribution in [3.05, 3.63) is 91.3 Å². The van der Waals surface area contributed by atoms with Gasteiger partial charge in [-0.05, 0) is 45.2 Å². The molecule has 4 aromatic rings. The van der Waals surface area contributed by atoms with E-state index in [1.807, 2.05) is 12.4 Å². The predicted molar refractivity (Wildman–Crippen MR) is 92.6 cm³/mol. The van der Waals surface area contributed by atoms with Crippen molar-refractivity contribution in [2.24, 2.45) is 0 Å². The first-order valence-corrected chi connectivity index (χ1v) is 7.41. The van der Waals surface area contributed by atoms with Gasteiger partial charge in [0.05, 0.1) is 0 Å². The van der Waals surface area contributed by atoms with Crippen molar-refractivity contribution in [2.45, 2.75) is 0 Å². The first-order chi connectivity index (χ1) is 10.9. The number of nitrogens with zero attached hydrogens (tertiary/aromatic N) is 1. The molecule has 1 aromatic heterocycles. The van der Waals surface area contributed by atoms with Gasteiger partial charge in [-0.3, -0.25) is 4.98 Å². The van der Waals surface area contributed by atoms with Gasteiger partial charge in [-0.2, -0.15) is 0 Å². The van der Waals surface area contributed by atoms with Crippen molar-refractivity contribution in [3.63, 3.8) is 0 Å². The van der Waals surface area contributed by atoms with E-state index in [1.165, 1.54) is 33.0 Å². The van der Waals surface area contributed by atoms with E-state index in [2.05, 4.69) is 83.8 Å². The van der Waals surface area contributed by atoms with E-state index in [4.69, 9.17) is 0 Å². The third-order valence-corrected chi connectivity index (χ3v) is 3.98. The van der Waals surface area contributed by atoms with E-state index in [1.54, 1.807) is 0 Å². The molecule has 0 aliphatic heterocycles. The zero-order chi connectivity index (χ0) is 14.8. The second kappa shape index (κ2) is 5.45. The van der Waals surface area contributed by atoms with Crippen molar-refractivity contribution in [2.75, 3.05) is 0 Å². The first kappa shape index (κ1) is 12.8. The highest BCUT2D eigenvalue weighted by Crippen LogP contribution is 2.36. The number of benzene rings is 3. The Bertz CT molecular complexity index is 838. The molecule has 0 unspecified atom stereocenters. The van der Waals surface area contributed by atoms with E-state index in [0.717, 1.165) is 0 Å². The van der Waals surface area contributed by atoms with Crippen LogP contribution in [-0.4, -0.2) is 4.98 Å². The summed E-state index contributed by atoms with van der Waals surface area (Å²) in [6.45, 7) is 0. The predicted octanol–water partition coefficient (Wildman–Crippen LogP) is 5.57. The summed E-state index contributed by atoms with van der Waals surface area (Å²) >= 11 is 0.